The third-order valence-electron chi connectivity index (χ3n) is 3.52. The summed E-state index contributed by atoms with van der Waals surface area (Å²) in [6, 6.07) is 1.11. The van der Waals surface area contributed by atoms with Crippen molar-refractivity contribution < 1.29 is 9.13 Å². The Balaban J connectivity index is 2.47. The third-order valence-corrected chi connectivity index (χ3v) is 3.52. The predicted molar refractivity (Wildman–Crippen MR) is 59.6 cm³/mol. The lowest BCUT2D eigenvalue weighted by molar-refractivity contribution is 0.0147. The smallest absolute Gasteiger partial charge is 0.219 e. The Hall–Kier alpha value is -1.16. The van der Waals surface area contributed by atoms with Crippen LogP contribution < -0.4 is 10.5 Å². The molecule has 0 amide bonds. The molecule has 0 aliphatic carbocycles. The normalized spacial score (nSPS) is 28.0. The van der Waals surface area contributed by atoms with Crippen molar-refractivity contribution in [1.82, 2.24) is 4.98 Å². The summed E-state index contributed by atoms with van der Waals surface area (Å²) < 4.78 is 19.0. The Kier molecular flexibility index (Phi) is 2.62. The first kappa shape index (κ1) is 11.3. The van der Waals surface area contributed by atoms with Gasteiger partial charge in [-0.25, -0.2) is 9.37 Å². The Bertz CT molecular complexity index is 408. The lowest BCUT2D eigenvalue weighted by atomic mass is 9.80. The molecular formula is C12H17FN2O. The van der Waals surface area contributed by atoms with Gasteiger partial charge in [-0.1, -0.05) is 20.8 Å². The molecule has 2 heterocycles. The largest absolute Gasteiger partial charge is 0.469 e. The highest BCUT2D eigenvalue weighted by atomic mass is 19.1. The van der Waals surface area contributed by atoms with Crippen molar-refractivity contribution in [2.45, 2.75) is 38.8 Å². The summed E-state index contributed by atoms with van der Waals surface area (Å²) in [5.74, 6) is 0.364. The fourth-order valence-corrected chi connectivity index (χ4v) is 2.43. The van der Waals surface area contributed by atoms with E-state index in [2.05, 4.69) is 18.8 Å². The topological polar surface area (TPSA) is 48.1 Å². The molecule has 1 aromatic rings. The van der Waals surface area contributed by atoms with E-state index in [1.807, 2.05) is 6.92 Å². The van der Waals surface area contributed by atoms with E-state index in [1.54, 1.807) is 0 Å². The van der Waals surface area contributed by atoms with Crippen molar-refractivity contribution in [2.75, 3.05) is 0 Å². The lowest BCUT2D eigenvalue weighted by Gasteiger charge is -2.35. The molecule has 1 aliphatic rings. The van der Waals surface area contributed by atoms with Crippen LogP contribution in [0.15, 0.2) is 12.3 Å². The van der Waals surface area contributed by atoms with Crippen molar-refractivity contribution in [3.63, 3.8) is 0 Å². The average Bonchev–Trinajstić information content (AvgIpc) is 2.53. The Morgan fingerprint density at radius 1 is 1.62 bits per heavy atom. The number of aromatic nitrogens is 1. The van der Waals surface area contributed by atoms with Gasteiger partial charge in [0.05, 0.1) is 12.2 Å². The van der Waals surface area contributed by atoms with Crippen LogP contribution in [-0.2, 0) is 0 Å². The molecule has 0 fully saturated rings. The number of pyridine rings is 1. The molecule has 0 bridgehead atoms. The van der Waals surface area contributed by atoms with Crippen molar-refractivity contribution in [3.8, 4) is 5.88 Å². The maximum atomic E-state index is 13.1. The first-order valence-corrected chi connectivity index (χ1v) is 5.61. The summed E-state index contributed by atoms with van der Waals surface area (Å²) >= 11 is 0. The zero-order valence-corrected chi connectivity index (χ0v) is 9.83. The van der Waals surface area contributed by atoms with Crippen LogP contribution in [0.4, 0.5) is 4.39 Å². The van der Waals surface area contributed by atoms with Crippen LogP contribution in [0, 0.1) is 11.7 Å². The number of hydrogen-bond acceptors (Lipinski definition) is 3. The molecule has 2 N–H and O–H groups in total. The molecule has 4 heteroatoms. The van der Waals surface area contributed by atoms with E-state index in [-0.39, 0.29) is 17.8 Å². The zero-order valence-electron chi connectivity index (χ0n) is 9.83. The molecule has 2 rings (SSSR count). The number of halogens is 1. The number of nitrogens with two attached hydrogens (primary N) is 1. The molecule has 0 saturated heterocycles. The molecule has 1 aliphatic heterocycles. The van der Waals surface area contributed by atoms with Crippen LogP contribution in [0.2, 0.25) is 0 Å². The maximum absolute atomic E-state index is 13.1. The van der Waals surface area contributed by atoms with Gasteiger partial charge in [0.15, 0.2) is 0 Å². The van der Waals surface area contributed by atoms with Gasteiger partial charge in [-0.3, -0.25) is 0 Å². The molecule has 2 atom stereocenters. The second kappa shape index (κ2) is 3.70. The number of fused-ring (bicyclic) bond motifs is 1. The molecule has 0 radical (unpaired) electrons. The molecule has 88 valence electrons. The fraction of sp³-hybridized carbons (Fsp3) is 0.583. The van der Waals surface area contributed by atoms with E-state index in [0.29, 0.717) is 11.4 Å². The first-order chi connectivity index (χ1) is 7.51. The molecule has 1 unspecified atom stereocenters. The average molecular weight is 224 g/mol. The van der Waals surface area contributed by atoms with E-state index in [1.165, 1.54) is 6.07 Å². The zero-order chi connectivity index (χ0) is 11.9. The Labute approximate surface area is 94.8 Å². The van der Waals surface area contributed by atoms with Gasteiger partial charge >= 0.3 is 0 Å². The lowest BCUT2D eigenvalue weighted by Crippen LogP contribution is -2.46. The number of nitrogens with zero attached hydrogens (tertiary/aromatic N) is 1. The number of hydrogen-bond donors (Lipinski definition) is 1. The van der Waals surface area contributed by atoms with E-state index >= 15 is 0 Å². The maximum Gasteiger partial charge on any atom is 0.219 e. The standard InChI is InChI=1S/C12H17FN2O/c1-4-12(7(2)3)10(14)9-5-8(13)6-15-11(9)16-12/h5-7,10H,4,14H2,1-3H3/t10-,12?/m1/s1. The van der Waals surface area contributed by atoms with Crippen molar-refractivity contribution in [2.24, 2.45) is 11.7 Å². The van der Waals surface area contributed by atoms with Crippen LogP contribution in [0.5, 0.6) is 5.88 Å². The van der Waals surface area contributed by atoms with E-state index in [9.17, 15) is 4.39 Å². The highest BCUT2D eigenvalue weighted by molar-refractivity contribution is 5.37. The molecule has 3 nitrogen and oxygen atoms in total. The fourth-order valence-electron chi connectivity index (χ4n) is 2.43. The molecule has 0 saturated carbocycles. The van der Waals surface area contributed by atoms with Crippen molar-refractivity contribution >= 4 is 0 Å². The highest BCUT2D eigenvalue weighted by Gasteiger charge is 2.48. The summed E-state index contributed by atoms with van der Waals surface area (Å²) in [5, 5.41) is 0. The van der Waals surface area contributed by atoms with Crippen LogP contribution in [0.3, 0.4) is 0 Å². The van der Waals surface area contributed by atoms with Crippen molar-refractivity contribution in [3.05, 3.63) is 23.6 Å². The minimum Gasteiger partial charge on any atom is -0.469 e. The minimum atomic E-state index is -0.455. The van der Waals surface area contributed by atoms with Crippen LogP contribution in [0.25, 0.3) is 0 Å². The quantitative estimate of drug-likeness (QED) is 0.839. The highest BCUT2D eigenvalue weighted by Crippen LogP contribution is 2.46. The Morgan fingerprint density at radius 2 is 2.31 bits per heavy atom. The Morgan fingerprint density at radius 3 is 2.88 bits per heavy atom. The monoisotopic (exact) mass is 224 g/mol. The van der Waals surface area contributed by atoms with E-state index in [0.717, 1.165) is 12.6 Å². The van der Waals surface area contributed by atoms with Gasteiger partial charge < -0.3 is 10.5 Å². The molecule has 1 aromatic heterocycles. The number of rotatable bonds is 2. The summed E-state index contributed by atoms with van der Waals surface area (Å²) in [7, 11) is 0. The molecule has 0 spiro atoms. The van der Waals surface area contributed by atoms with Gasteiger partial charge in [-0.15, -0.1) is 0 Å². The van der Waals surface area contributed by atoms with E-state index < -0.39 is 5.60 Å². The summed E-state index contributed by atoms with van der Waals surface area (Å²) in [6.07, 6.45) is 1.95. The van der Waals surface area contributed by atoms with Crippen LogP contribution in [0.1, 0.15) is 38.8 Å². The van der Waals surface area contributed by atoms with E-state index in [4.69, 9.17) is 10.5 Å². The minimum absolute atomic E-state index is 0.254. The molecule has 16 heavy (non-hydrogen) atoms. The molecule has 0 aromatic carbocycles. The van der Waals surface area contributed by atoms with Gasteiger partial charge in [0.2, 0.25) is 5.88 Å². The van der Waals surface area contributed by atoms with Gasteiger partial charge in [0.1, 0.15) is 11.4 Å². The van der Waals surface area contributed by atoms with Crippen molar-refractivity contribution in [1.29, 1.82) is 0 Å². The third kappa shape index (κ3) is 1.40. The van der Waals surface area contributed by atoms with Gasteiger partial charge in [-0.2, -0.15) is 0 Å². The van der Waals surface area contributed by atoms with Crippen LogP contribution in [-0.4, -0.2) is 10.6 Å². The summed E-state index contributed by atoms with van der Waals surface area (Å²) in [6.45, 7) is 6.15. The summed E-state index contributed by atoms with van der Waals surface area (Å²) in [4.78, 5) is 3.96. The van der Waals surface area contributed by atoms with Crippen LogP contribution >= 0.6 is 0 Å². The predicted octanol–water partition coefficient (Wildman–Crippen LogP) is 2.42. The van der Waals surface area contributed by atoms with Gasteiger partial charge in [-0.05, 0) is 18.4 Å². The molecular weight excluding hydrogens is 207 g/mol. The van der Waals surface area contributed by atoms with Gasteiger partial charge in [0, 0.05) is 5.56 Å². The second-order valence-electron chi connectivity index (χ2n) is 4.59. The SMILES string of the molecule is CCC1(C(C)C)Oc2ncc(F)cc2[C@H]1N. The summed E-state index contributed by atoms with van der Waals surface area (Å²) in [5.41, 5.74) is 6.40. The number of ether oxygens (including phenoxy) is 1. The van der Waals surface area contributed by atoms with Gasteiger partial charge in [0.25, 0.3) is 0 Å². The second-order valence-corrected chi connectivity index (χ2v) is 4.59. The first-order valence-electron chi connectivity index (χ1n) is 5.61.